The average molecular weight is 349 g/mol. The molecule has 2 fully saturated rings. The minimum atomic E-state index is -0.0671. The largest absolute Gasteiger partial charge is 0.360 e. The van der Waals surface area contributed by atoms with Gasteiger partial charge in [-0.25, -0.2) is 0 Å². The number of likely N-dealkylation sites (tertiary alicyclic amines) is 1. The van der Waals surface area contributed by atoms with Gasteiger partial charge in [-0.1, -0.05) is 12.1 Å². The zero-order chi connectivity index (χ0) is 18.0. The monoisotopic (exact) mass is 349 g/mol. The van der Waals surface area contributed by atoms with Crippen molar-refractivity contribution in [3.05, 3.63) is 11.8 Å². The van der Waals surface area contributed by atoms with Gasteiger partial charge < -0.3 is 14.7 Å². The van der Waals surface area contributed by atoms with Crippen molar-refractivity contribution in [2.24, 2.45) is 5.92 Å². The van der Waals surface area contributed by atoms with E-state index < -0.39 is 0 Å². The second kappa shape index (κ2) is 7.53. The number of piperazine rings is 1. The van der Waals surface area contributed by atoms with Gasteiger partial charge in [0.05, 0.1) is 6.54 Å². The molecule has 0 aliphatic carbocycles. The molecule has 2 amide bonds. The number of amides is 2. The van der Waals surface area contributed by atoms with Crippen molar-refractivity contribution in [1.82, 2.24) is 19.9 Å². The molecule has 8 heteroatoms. The summed E-state index contributed by atoms with van der Waals surface area (Å²) in [6.07, 6.45) is 0. The molecule has 3 rings (SSSR count). The number of hydrogen-bond acceptors (Lipinski definition) is 6. The molecule has 0 bridgehead atoms. The molecule has 138 valence electrons. The Kier molecular flexibility index (Phi) is 5.39. The second-order valence-corrected chi connectivity index (χ2v) is 7.15. The van der Waals surface area contributed by atoms with E-state index in [1.807, 2.05) is 4.90 Å². The van der Waals surface area contributed by atoms with Gasteiger partial charge in [-0.15, -0.1) is 0 Å². The highest BCUT2D eigenvalue weighted by atomic mass is 16.5. The lowest BCUT2D eigenvalue weighted by atomic mass is 10.0. The van der Waals surface area contributed by atoms with Crippen molar-refractivity contribution < 1.29 is 14.1 Å². The zero-order valence-electron chi connectivity index (χ0n) is 15.2. The maximum absolute atomic E-state index is 12.2. The number of anilines is 1. The Labute approximate surface area is 148 Å². The van der Waals surface area contributed by atoms with E-state index in [4.69, 9.17) is 4.52 Å². The fourth-order valence-corrected chi connectivity index (χ4v) is 3.83. The van der Waals surface area contributed by atoms with Gasteiger partial charge in [-0.3, -0.25) is 19.4 Å². The summed E-state index contributed by atoms with van der Waals surface area (Å²) in [7, 11) is 0. The number of nitrogens with zero attached hydrogens (tertiary/aromatic N) is 4. The molecule has 3 heterocycles. The van der Waals surface area contributed by atoms with Crippen LogP contribution in [0.1, 0.15) is 19.6 Å². The molecule has 2 aliphatic rings. The van der Waals surface area contributed by atoms with E-state index in [0.29, 0.717) is 30.1 Å². The molecule has 8 nitrogen and oxygen atoms in total. The summed E-state index contributed by atoms with van der Waals surface area (Å²) in [6, 6.07) is 2.15. The third-order valence-electron chi connectivity index (χ3n) is 5.14. The van der Waals surface area contributed by atoms with Crippen LogP contribution in [-0.2, 0) is 9.59 Å². The van der Waals surface area contributed by atoms with Crippen molar-refractivity contribution in [3.8, 4) is 0 Å². The Morgan fingerprint density at radius 1 is 1.28 bits per heavy atom. The number of aromatic nitrogens is 1. The van der Waals surface area contributed by atoms with Gasteiger partial charge in [-0.05, 0) is 12.8 Å². The van der Waals surface area contributed by atoms with E-state index in [0.717, 1.165) is 39.3 Å². The predicted molar refractivity (Wildman–Crippen MR) is 93.1 cm³/mol. The molecule has 1 N–H and O–H groups in total. The van der Waals surface area contributed by atoms with Crippen LogP contribution in [0.3, 0.4) is 0 Å². The number of carbonyl (C=O) groups is 2. The van der Waals surface area contributed by atoms with E-state index in [1.165, 1.54) is 0 Å². The highest BCUT2D eigenvalue weighted by Gasteiger charge is 2.36. The van der Waals surface area contributed by atoms with Gasteiger partial charge in [-0.2, -0.15) is 0 Å². The maximum atomic E-state index is 12.2. The molecule has 0 aromatic carbocycles. The summed E-state index contributed by atoms with van der Waals surface area (Å²) in [5.41, 5.74) is 0. The number of aryl methyl sites for hydroxylation is 1. The van der Waals surface area contributed by atoms with Crippen LogP contribution in [0, 0.1) is 12.8 Å². The van der Waals surface area contributed by atoms with Crippen molar-refractivity contribution >= 4 is 17.6 Å². The highest BCUT2D eigenvalue weighted by Crippen LogP contribution is 2.23. The van der Waals surface area contributed by atoms with Crippen LogP contribution in [-0.4, -0.2) is 83.5 Å². The maximum Gasteiger partial charge on any atom is 0.239 e. The molecular weight excluding hydrogens is 322 g/mol. The number of rotatable bonds is 4. The smallest absolute Gasteiger partial charge is 0.239 e. The van der Waals surface area contributed by atoms with Gasteiger partial charge in [0.25, 0.3) is 0 Å². The zero-order valence-corrected chi connectivity index (χ0v) is 15.2. The minimum Gasteiger partial charge on any atom is -0.360 e. The summed E-state index contributed by atoms with van der Waals surface area (Å²) in [5, 5.41) is 6.56. The molecule has 2 saturated heterocycles. The molecule has 0 unspecified atom stereocenters. The number of carbonyl (C=O) groups excluding carboxylic acids is 2. The fourth-order valence-electron chi connectivity index (χ4n) is 3.83. The first kappa shape index (κ1) is 17.9. The Balaban J connectivity index is 1.48. The fraction of sp³-hybridized carbons (Fsp3) is 0.706. The van der Waals surface area contributed by atoms with Crippen molar-refractivity contribution in [3.63, 3.8) is 0 Å². The van der Waals surface area contributed by atoms with Crippen molar-refractivity contribution in [1.29, 1.82) is 0 Å². The van der Waals surface area contributed by atoms with Crippen LogP contribution in [0.2, 0.25) is 0 Å². The van der Waals surface area contributed by atoms with Crippen LogP contribution in [0.15, 0.2) is 10.6 Å². The van der Waals surface area contributed by atoms with Gasteiger partial charge in [0.2, 0.25) is 11.8 Å². The Morgan fingerprint density at radius 3 is 2.60 bits per heavy atom. The van der Waals surface area contributed by atoms with E-state index >= 15 is 0 Å². The van der Waals surface area contributed by atoms with Crippen LogP contribution >= 0.6 is 0 Å². The molecule has 2 aliphatic heterocycles. The van der Waals surface area contributed by atoms with E-state index in [2.05, 4.69) is 27.2 Å². The molecule has 25 heavy (non-hydrogen) atoms. The minimum absolute atomic E-state index is 0.0671. The average Bonchev–Trinajstić information content (AvgIpc) is 3.13. The first-order valence-corrected chi connectivity index (χ1v) is 8.87. The SMILES string of the molecule is CC(=O)N1CCN([C@@H]2CN(CC(=O)Nc3cc(C)on3)C[C@@H]2C)CC1. The number of nitrogens with one attached hydrogen (secondary N) is 1. The lowest BCUT2D eigenvalue weighted by Crippen LogP contribution is -2.53. The molecule has 0 radical (unpaired) electrons. The first-order chi connectivity index (χ1) is 11.9. The van der Waals surface area contributed by atoms with E-state index in [1.54, 1.807) is 19.9 Å². The van der Waals surface area contributed by atoms with Gasteiger partial charge in [0, 0.05) is 58.3 Å². The Bertz CT molecular complexity index is 624. The van der Waals surface area contributed by atoms with Crippen LogP contribution in [0.5, 0.6) is 0 Å². The molecule has 0 spiro atoms. The standard InChI is InChI=1S/C17H27N5O3/c1-12-9-20(11-17(24)18-16-8-13(2)25-19-16)10-15(12)22-6-4-21(5-7-22)14(3)23/h8,12,15H,4-7,9-11H2,1-3H3,(H,18,19,24)/t12-,15+/m0/s1. The molecule has 1 aromatic rings. The second-order valence-electron chi connectivity index (χ2n) is 7.15. The van der Waals surface area contributed by atoms with Gasteiger partial charge in [0.15, 0.2) is 5.82 Å². The third kappa shape index (κ3) is 4.38. The summed E-state index contributed by atoms with van der Waals surface area (Å²) >= 11 is 0. The highest BCUT2D eigenvalue weighted by molar-refractivity contribution is 5.91. The molecule has 1 aromatic heterocycles. The lowest BCUT2D eigenvalue weighted by molar-refractivity contribution is -0.131. The molecular formula is C17H27N5O3. The Hall–Kier alpha value is -1.93. The number of hydrogen-bond donors (Lipinski definition) is 1. The third-order valence-corrected chi connectivity index (χ3v) is 5.14. The molecule has 2 atom stereocenters. The predicted octanol–water partition coefficient (Wildman–Crippen LogP) is 0.406. The molecule has 0 saturated carbocycles. The van der Waals surface area contributed by atoms with Gasteiger partial charge in [0.1, 0.15) is 5.76 Å². The topological polar surface area (TPSA) is 81.9 Å². The van der Waals surface area contributed by atoms with Crippen LogP contribution in [0.4, 0.5) is 5.82 Å². The van der Waals surface area contributed by atoms with Crippen molar-refractivity contribution in [2.45, 2.75) is 26.8 Å². The van der Waals surface area contributed by atoms with Crippen LogP contribution in [0.25, 0.3) is 0 Å². The first-order valence-electron chi connectivity index (χ1n) is 8.87. The summed E-state index contributed by atoms with van der Waals surface area (Å²) < 4.78 is 4.96. The van der Waals surface area contributed by atoms with Crippen molar-refractivity contribution in [2.75, 3.05) is 51.1 Å². The Morgan fingerprint density at radius 2 is 2.00 bits per heavy atom. The summed E-state index contributed by atoms with van der Waals surface area (Å²) in [6.45, 7) is 11.2. The van der Waals surface area contributed by atoms with Crippen LogP contribution < -0.4 is 5.32 Å². The van der Waals surface area contributed by atoms with E-state index in [9.17, 15) is 9.59 Å². The lowest BCUT2D eigenvalue weighted by Gasteiger charge is -2.39. The quantitative estimate of drug-likeness (QED) is 0.848. The normalized spacial score (nSPS) is 25.3. The van der Waals surface area contributed by atoms with Gasteiger partial charge >= 0.3 is 0 Å². The summed E-state index contributed by atoms with van der Waals surface area (Å²) in [4.78, 5) is 30.2. The summed E-state index contributed by atoms with van der Waals surface area (Å²) in [5.74, 6) is 1.73. The van der Waals surface area contributed by atoms with E-state index in [-0.39, 0.29) is 11.8 Å².